The van der Waals surface area contributed by atoms with Crippen LogP contribution in [-0.2, 0) is 7.05 Å². The van der Waals surface area contributed by atoms with Crippen molar-refractivity contribution in [3.8, 4) is 11.6 Å². The molecule has 10 nitrogen and oxygen atoms in total. The van der Waals surface area contributed by atoms with Gasteiger partial charge in [0.05, 0.1) is 23.8 Å². The van der Waals surface area contributed by atoms with Crippen LogP contribution in [0.25, 0.3) is 17.2 Å². The van der Waals surface area contributed by atoms with Crippen LogP contribution in [0.5, 0.6) is 0 Å². The molecule has 1 fully saturated rings. The lowest BCUT2D eigenvalue weighted by molar-refractivity contribution is 0.491. The largest absolute Gasteiger partial charge is 0.443 e. The van der Waals surface area contributed by atoms with Gasteiger partial charge in [-0.05, 0) is 19.8 Å². The molecule has 0 spiro atoms. The summed E-state index contributed by atoms with van der Waals surface area (Å²) in [6, 6.07) is 0. The molecule has 28 heavy (non-hydrogen) atoms. The van der Waals surface area contributed by atoms with Gasteiger partial charge in [-0.2, -0.15) is 10.2 Å². The second-order valence-electron chi connectivity index (χ2n) is 7.13. The van der Waals surface area contributed by atoms with Crippen molar-refractivity contribution in [1.82, 2.24) is 34.3 Å². The van der Waals surface area contributed by atoms with Gasteiger partial charge < -0.3 is 15.1 Å². The summed E-state index contributed by atoms with van der Waals surface area (Å²) in [5.41, 5.74) is 9.24. The molecule has 5 rings (SSSR count). The first-order chi connectivity index (χ1) is 13.6. The number of aromatic nitrogens is 7. The molecule has 1 saturated heterocycles. The zero-order chi connectivity index (χ0) is 19.3. The smallest absolute Gasteiger partial charge is 0.246 e. The first-order valence-corrected chi connectivity index (χ1v) is 9.26. The van der Waals surface area contributed by atoms with E-state index in [1.54, 1.807) is 10.7 Å². The van der Waals surface area contributed by atoms with E-state index in [1.807, 2.05) is 31.0 Å². The summed E-state index contributed by atoms with van der Waals surface area (Å²) >= 11 is 0. The number of rotatable bonds is 3. The van der Waals surface area contributed by atoms with Crippen LogP contribution >= 0.6 is 0 Å². The van der Waals surface area contributed by atoms with Gasteiger partial charge in [-0.1, -0.05) is 0 Å². The van der Waals surface area contributed by atoms with E-state index in [0.29, 0.717) is 23.0 Å². The molecule has 0 amide bonds. The fourth-order valence-corrected chi connectivity index (χ4v) is 3.79. The minimum atomic E-state index is 0.220. The van der Waals surface area contributed by atoms with Crippen LogP contribution in [0.3, 0.4) is 0 Å². The minimum absolute atomic E-state index is 0.220. The van der Waals surface area contributed by atoms with Gasteiger partial charge in [0.1, 0.15) is 12.0 Å². The number of aryl methyl sites for hydroxylation is 2. The van der Waals surface area contributed by atoms with E-state index in [9.17, 15) is 0 Å². The molecule has 1 unspecified atom stereocenters. The molecule has 0 aromatic carbocycles. The molecule has 4 aromatic rings. The van der Waals surface area contributed by atoms with E-state index in [-0.39, 0.29) is 5.92 Å². The van der Waals surface area contributed by atoms with E-state index in [0.717, 1.165) is 43.1 Å². The lowest BCUT2D eigenvalue weighted by Gasteiger charge is -2.32. The van der Waals surface area contributed by atoms with E-state index >= 15 is 0 Å². The molecule has 0 bridgehead atoms. The van der Waals surface area contributed by atoms with Gasteiger partial charge in [0.15, 0.2) is 17.3 Å². The van der Waals surface area contributed by atoms with Crippen LogP contribution in [0.4, 0.5) is 11.5 Å². The zero-order valence-electron chi connectivity index (χ0n) is 15.8. The second-order valence-corrected chi connectivity index (χ2v) is 7.13. The molecule has 5 heterocycles. The SMILES string of the molecule is Cc1c(-c2ncco2)nc(N)c2nc(C3CCCN(c4cnn(C)c4)C3)nn12. The molecule has 2 N–H and O–H groups in total. The second kappa shape index (κ2) is 6.32. The van der Waals surface area contributed by atoms with Crippen molar-refractivity contribution in [1.29, 1.82) is 0 Å². The molecule has 0 radical (unpaired) electrons. The Hall–Kier alpha value is -3.43. The van der Waals surface area contributed by atoms with Crippen LogP contribution < -0.4 is 10.6 Å². The number of oxazole rings is 1. The normalized spacial score (nSPS) is 17.5. The van der Waals surface area contributed by atoms with Gasteiger partial charge in [0, 0.05) is 32.3 Å². The highest BCUT2D eigenvalue weighted by Gasteiger charge is 2.27. The third kappa shape index (κ3) is 2.68. The van der Waals surface area contributed by atoms with Gasteiger partial charge in [-0.3, -0.25) is 4.68 Å². The number of fused-ring (bicyclic) bond motifs is 1. The number of hydrogen-bond donors (Lipinski definition) is 1. The van der Waals surface area contributed by atoms with E-state index < -0.39 is 0 Å². The number of nitrogens with zero attached hydrogens (tertiary/aromatic N) is 8. The quantitative estimate of drug-likeness (QED) is 0.573. The summed E-state index contributed by atoms with van der Waals surface area (Å²) in [4.78, 5) is 15.7. The Morgan fingerprint density at radius 2 is 2.18 bits per heavy atom. The van der Waals surface area contributed by atoms with E-state index in [2.05, 4.69) is 20.0 Å². The minimum Gasteiger partial charge on any atom is -0.443 e. The van der Waals surface area contributed by atoms with Crippen LogP contribution in [0, 0.1) is 6.92 Å². The highest BCUT2D eigenvalue weighted by atomic mass is 16.3. The Labute approximate surface area is 161 Å². The fraction of sp³-hybridized carbons (Fsp3) is 0.389. The predicted octanol–water partition coefficient (Wildman–Crippen LogP) is 1.79. The first kappa shape index (κ1) is 16.7. The van der Waals surface area contributed by atoms with Gasteiger partial charge in [0.2, 0.25) is 5.89 Å². The van der Waals surface area contributed by atoms with Crippen molar-refractivity contribution in [2.45, 2.75) is 25.7 Å². The topological polar surface area (TPSA) is 116 Å². The number of nitrogens with two attached hydrogens (primary N) is 1. The Bertz CT molecular complexity index is 1130. The third-order valence-electron chi connectivity index (χ3n) is 5.22. The molecular weight excluding hydrogens is 358 g/mol. The lowest BCUT2D eigenvalue weighted by Crippen LogP contribution is -2.34. The summed E-state index contributed by atoms with van der Waals surface area (Å²) in [6.45, 7) is 3.77. The zero-order valence-corrected chi connectivity index (χ0v) is 15.8. The summed E-state index contributed by atoms with van der Waals surface area (Å²) in [5.74, 6) is 1.74. The number of nitrogen functional groups attached to an aromatic ring is 1. The maximum atomic E-state index is 6.17. The molecule has 1 atom stereocenters. The average Bonchev–Trinajstić information content (AvgIpc) is 3.44. The average molecular weight is 379 g/mol. The molecule has 144 valence electrons. The van der Waals surface area contributed by atoms with Crippen molar-refractivity contribution < 1.29 is 4.42 Å². The van der Waals surface area contributed by atoms with Crippen molar-refractivity contribution in [3.63, 3.8) is 0 Å². The molecule has 1 aliphatic heterocycles. The van der Waals surface area contributed by atoms with Gasteiger partial charge >= 0.3 is 0 Å². The maximum absolute atomic E-state index is 6.17. The van der Waals surface area contributed by atoms with Crippen LogP contribution in [0.2, 0.25) is 0 Å². The summed E-state index contributed by atoms with van der Waals surface area (Å²) in [5, 5.41) is 9.05. The van der Waals surface area contributed by atoms with Gasteiger partial charge in [-0.15, -0.1) is 0 Å². The van der Waals surface area contributed by atoms with Gasteiger partial charge in [0.25, 0.3) is 0 Å². The Morgan fingerprint density at radius 1 is 1.29 bits per heavy atom. The van der Waals surface area contributed by atoms with E-state index in [4.69, 9.17) is 20.2 Å². The number of anilines is 2. The van der Waals surface area contributed by atoms with Crippen LogP contribution in [-0.4, -0.2) is 47.4 Å². The molecular formula is C18H21N9O. The van der Waals surface area contributed by atoms with Crippen molar-refractivity contribution in [2.75, 3.05) is 23.7 Å². The molecule has 4 aromatic heterocycles. The van der Waals surface area contributed by atoms with Gasteiger partial charge in [-0.25, -0.2) is 19.5 Å². The highest BCUT2D eigenvalue weighted by Crippen LogP contribution is 2.30. The molecule has 1 aliphatic rings. The fourth-order valence-electron chi connectivity index (χ4n) is 3.79. The maximum Gasteiger partial charge on any atom is 0.246 e. The van der Waals surface area contributed by atoms with Crippen LogP contribution in [0.15, 0.2) is 29.3 Å². The number of piperidine rings is 1. The first-order valence-electron chi connectivity index (χ1n) is 9.26. The third-order valence-corrected chi connectivity index (χ3v) is 5.22. The Kier molecular flexibility index (Phi) is 3.78. The Morgan fingerprint density at radius 3 is 2.93 bits per heavy atom. The summed E-state index contributed by atoms with van der Waals surface area (Å²) in [6.07, 6.45) is 9.13. The van der Waals surface area contributed by atoms with E-state index in [1.165, 1.54) is 6.26 Å². The standard InChI is InChI=1S/C18H21N9O/c1-11-14(18-20-5-7-28-18)22-15(19)17-23-16(24-27(11)17)12-4-3-6-26(9-12)13-8-21-25(2)10-13/h5,7-8,10,12H,3-4,6,9H2,1-2H3,(H2,19,22). The molecule has 0 aliphatic carbocycles. The van der Waals surface area contributed by atoms with Crippen LogP contribution in [0.1, 0.15) is 30.3 Å². The molecule has 0 saturated carbocycles. The highest BCUT2D eigenvalue weighted by molar-refractivity contribution is 5.66. The van der Waals surface area contributed by atoms with Crippen molar-refractivity contribution in [3.05, 3.63) is 36.4 Å². The predicted molar refractivity (Wildman–Crippen MR) is 103 cm³/mol. The van der Waals surface area contributed by atoms with Crippen molar-refractivity contribution in [2.24, 2.45) is 7.05 Å². The monoisotopic (exact) mass is 379 g/mol. The Balaban J connectivity index is 1.51. The summed E-state index contributed by atoms with van der Waals surface area (Å²) < 4.78 is 8.96. The molecule has 10 heteroatoms. The lowest BCUT2D eigenvalue weighted by atomic mass is 9.97. The van der Waals surface area contributed by atoms with Crippen molar-refractivity contribution >= 4 is 17.2 Å². The number of hydrogen-bond acceptors (Lipinski definition) is 8. The summed E-state index contributed by atoms with van der Waals surface area (Å²) in [7, 11) is 1.93.